The molecular weight excluding hydrogens is 496 g/mol. The summed E-state index contributed by atoms with van der Waals surface area (Å²) in [7, 11) is 0. The largest absolute Gasteiger partial charge is 0.337 e. The number of benzene rings is 4. The smallest absolute Gasteiger partial charge is 0.253 e. The molecule has 6 heteroatoms. The van der Waals surface area contributed by atoms with E-state index >= 15 is 0 Å². The van der Waals surface area contributed by atoms with Gasteiger partial charge >= 0.3 is 0 Å². The van der Waals surface area contributed by atoms with E-state index in [-0.39, 0.29) is 17.9 Å². The first-order valence-corrected chi connectivity index (χ1v) is 13.6. The van der Waals surface area contributed by atoms with Crippen LogP contribution in [0.3, 0.4) is 0 Å². The fraction of sp³-hybridized carbons (Fsp3) is 0.206. The Kier molecular flexibility index (Phi) is 6.67. The number of amides is 2. The van der Waals surface area contributed by atoms with E-state index in [1.165, 1.54) is 0 Å². The van der Waals surface area contributed by atoms with Crippen LogP contribution >= 0.6 is 0 Å². The Morgan fingerprint density at radius 3 is 2.17 bits per heavy atom. The molecule has 0 unspecified atom stereocenters. The third kappa shape index (κ3) is 4.88. The average Bonchev–Trinajstić information content (AvgIpc) is 3.71. The number of nitrogens with one attached hydrogen (secondary N) is 1. The number of hydrogen-bond donors (Lipinski definition) is 2. The molecule has 2 amide bonds. The van der Waals surface area contributed by atoms with Crippen LogP contribution < -0.4 is 11.1 Å². The van der Waals surface area contributed by atoms with Gasteiger partial charge in [0, 0.05) is 30.4 Å². The third-order valence-electron chi connectivity index (χ3n) is 8.07. The van der Waals surface area contributed by atoms with Crippen LogP contribution in [-0.2, 0) is 10.2 Å². The molecule has 198 valence electrons. The van der Waals surface area contributed by atoms with E-state index < -0.39 is 5.41 Å². The molecule has 2 fully saturated rings. The summed E-state index contributed by atoms with van der Waals surface area (Å²) in [5, 5.41) is 12.3. The maximum atomic E-state index is 13.3. The van der Waals surface area contributed by atoms with Gasteiger partial charge in [-0.15, -0.1) is 0 Å². The number of nitrogens with two attached hydrogens (primary N) is 1. The number of likely N-dealkylation sites (tertiary alicyclic amines) is 1. The molecule has 0 aromatic heterocycles. The van der Waals surface area contributed by atoms with Gasteiger partial charge in [0.15, 0.2) is 0 Å². The molecule has 4 aromatic carbocycles. The third-order valence-corrected chi connectivity index (χ3v) is 8.07. The Hall–Kier alpha value is -4.73. The summed E-state index contributed by atoms with van der Waals surface area (Å²) in [6, 6.07) is 33.1. The zero-order chi connectivity index (χ0) is 27.7. The number of carbonyl (C=O) groups is 2. The molecule has 0 radical (unpaired) electrons. The first-order chi connectivity index (χ1) is 19.5. The van der Waals surface area contributed by atoms with Crippen LogP contribution in [0.4, 0.5) is 5.69 Å². The molecule has 1 aliphatic heterocycles. The standard InChI is InChI=1S/C34H30N4O2/c35-21-23-6-8-25(9-7-23)31-20-26(32(39)38-19-16-28(36)22-38)12-15-30(31)24-10-13-27(14-11-24)34(17-18-34)33(40)37-29-4-2-1-3-5-29/h1-15,20,28H,16-19,22,36H2,(H,37,40)/t28-/m0/s1. The van der Waals surface area contributed by atoms with E-state index in [1.54, 1.807) is 12.1 Å². The zero-order valence-electron chi connectivity index (χ0n) is 22.1. The topological polar surface area (TPSA) is 99.2 Å². The van der Waals surface area contributed by atoms with Gasteiger partial charge in [-0.1, -0.05) is 60.7 Å². The molecule has 2 aliphatic rings. The van der Waals surface area contributed by atoms with E-state index in [0.717, 1.165) is 52.8 Å². The first kappa shape index (κ1) is 25.5. The lowest BCUT2D eigenvalue weighted by atomic mass is 9.89. The quantitative estimate of drug-likeness (QED) is 0.335. The number of para-hydroxylation sites is 1. The summed E-state index contributed by atoms with van der Waals surface area (Å²) < 4.78 is 0. The molecule has 6 nitrogen and oxygen atoms in total. The average molecular weight is 527 g/mol. The number of anilines is 1. The molecule has 1 saturated carbocycles. The predicted octanol–water partition coefficient (Wildman–Crippen LogP) is 5.74. The highest BCUT2D eigenvalue weighted by molar-refractivity contribution is 6.01. The number of hydrogen-bond acceptors (Lipinski definition) is 4. The molecule has 1 aliphatic carbocycles. The second-order valence-corrected chi connectivity index (χ2v) is 10.7. The molecule has 6 rings (SSSR count). The van der Waals surface area contributed by atoms with Crippen LogP contribution in [-0.4, -0.2) is 35.8 Å². The van der Waals surface area contributed by atoms with Crippen LogP contribution in [0.5, 0.6) is 0 Å². The van der Waals surface area contributed by atoms with E-state index in [0.29, 0.717) is 24.2 Å². The van der Waals surface area contributed by atoms with Gasteiger partial charge in [-0.25, -0.2) is 0 Å². The molecule has 1 atom stereocenters. The number of nitrogens with zero attached hydrogens (tertiary/aromatic N) is 2. The van der Waals surface area contributed by atoms with E-state index in [2.05, 4.69) is 23.5 Å². The fourth-order valence-electron chi connectivity index (χ4n) is 5.56. The lowest BCUT2D eigenvalue weighted by molar-refractivity contribution is -0.118. The normalized spacial score (nSPS) is 17.2. The van der Waals surface area contributed by atoms with Gasteiger partial charge in [0.2, 0.25) is 5.91 Å². The van der Waals surface area contributed by atoms with Gasteiger partial charge in [0.05, 0.1) is 17.0 Å². The Morgan fingerprint density at radius 2 is 1.55 bits per heavy atom. The van der Waals surface area contributed by atoms with Crippen molar-refractivity contribution in [2.75, 3.05) is 18.4 Å². The van der Waals surface area contributed by atoms with E-state index in [9.17, 15) is 14.9 Å². The van der Waals surface area contributed by atoms with Crippen LogP contribution in [0.1, 0.15) is 40.7 Å². The Morgan fingerprint density at radius 1 is 0.875 bits per heavy atom. The zero-order valence-corrected chi connectivity index (χ0v) is 22.1. The fourth-order valence-corrected chi connectivity index (χ4v) is 5.56. The molecule has 0 bridgehead atoms. The minimum absolute atomic E-state index is 0.0178. The SMILES string of the molecule is N#Cc1ccc(-c2cc(C(=O)N3CC[C@H](N)C3)ccc2-c2ccc(C3(C(=O)Nc4ccccc4)CC3)cc2)cc1. The molecule has 1 saturated heterocycles. The molecule has 0 spiro atoms. The second kappa shape index (κ2) is 10.4. The van der Waals surface area contributed by atoms with Crippen molar-refractivity contribution >= 4 is 17.5 Å². The highest BCUT2D eigenvalue weighted by Crippen LogP contribution is 2.49. The maximum Gasteiger partial charge on any atom is 0.253 e. The van der Waals surface area contributed by atoms with Gasteiger partial charge < -0.3 is 16.0 Å². The van der Waals surface area contributed by atoms with Gasteiger partial charge in [-0.3, -0.25) is 9.59 Å². The van der Waals surface area contributed by atoms with Crippen LogP contribution in [0, 0.1) is 11.3 Å². The number of rotatable bonds is 6. The first-order valence-electron chi connectivity index (χ1n) is 13.6. The maximum absolute atomic E-state index is 13.3. The highest BCUT2D eigenvalue weighted by Gasteiger charge is 2.51. The predicted molar refractivity (Wildman–Crippen MR) is 157 cm³/mol. The van der Waals surface area contributed by atoms with Crippen LogP contribution in [0.25, 0.3) is 22.3 Å². The van der Waals surface area contributed by atoms with E-state index in [4.69, 9.17) is 5.73 Å². The summed E-state index contributed by atoms with van der Waals surface area (Å²) in [6.07, 6.45) is 2.44. The molecular formula is C34H30N4O2. The van der Waals surface area contributed by atoms with Crippen molar-refractivity contribution in [1.82, 2.24) is 4.90 Å². The summed E-state index contributed by atoms with van der Waals surface area (Å²) in [4.78, 5) is 28.3. The van der Waals surface area contributed by atoms with Gasteiger partial charge in [-0.2, -0.15) is 5.26 Å². The number of carbonyl (C=O) groups excluding carboxylic acids is 2. The lowest BCUT2D eigenvalue weighted by Crippen LogP contribution is -2.31. The Balaban J connectivity index is 1.32. The van der Waals surface area contributed by atoms with Crippen LogP contribution in [0.2, 0.25) is 0 Å². The second-order valence-electron chi connectivity index (χ2n) is 10.7. The monoisotopic (exact) mass is 526 g/mol. The van der Waals surface area contributed by atoms with Crippen molar-refractivity contribution in [1.29, 1.82) is 5.26 Å². The van der Waals surface area contributed by atoms with Gasteiger partial charge in [0.1, 0.15) is 0 Å². The minimum Gasteiger partial charge on any atom is -0.337 e. The summed E-state index contributed by atoms with van der Waals surface area (Å²) in [5.74, 6) is -0.000866. The van der Waals surface area contributed by atoms with Gasteiger partial charge in [-0.05, 0) is 83.5 Å². The van der Waals surface area contributed by atoms with Crippen molar-refractivity contribution in [2.24, 2.45) is 5.73 Å². The lowest BCUT2D eigenvalue weighted by Gasteiger charge is -2.19. The highest BCUT2D eigenvalue weighted by atomic mass is 16.2. The van der Waals surface area contributed by atoms with E-state index in [1.807, 2.05) is 77.7 Å². The summed E-state index contributed by atoms with van der Waals surface area (Å²) in [5.41, 5.74) is 12.3. The van der Waals surface area contributed by atoms with Crippen molar-refractivity contribution in [3.8, 4) is 28.3 Å². The van der Waals surface area contributed by atoms with Crippen molar-refractivity contribution in [2.45, 2.75) is 30.7 Å². The summed E-state index contributed by atoms with van der Waals surface area (Å²) in [6.45, 7) is 1.23. The van der Waals surface area contributed by atoms with Crippen molar-refractivity contribution in [3.63, 3.8) is 0 Å². The van der Waals surface area contributed by atoms with Crippen LogP contribution in [0.15, 0.2) is 97.1 Å². The van der Waals surface area contributed by atoms with Crippen molar-refractivity contribution in [3.05, 3.63) is 114 Å². The minimum atomic E-state index is -0.503. The summed E-state index contributed by atoms with van der Waals surface area (Å²) >= 11 is 0. The Bertz CT molecular complexity index is 1600. The molecule has 1 heterocycles. The molecule has 3 N–H and O–H groups in total. The molecule has 40 heavy (non-hydrogen) atoms. The van der Waals surface area contributed by atoms with Gasteiger partial charge in [0.25, 0.3) is 5.91 Å². The Labute approximate surface area is 234 Å². The number of nitriles is 1. The van der Waals surface area contributed by atoms with Crippen molar-refractivity contribution < 1.29 is 9.59 Å². The molecule has 4 aromatic rings.